The maximum absolute atomic E-state index is 12.9. The number of carbonyl (C=O) groups excluding carboxylic acids is 3. The molecule has 1 atom stereocenters. The molecule has 0 aromatic carbocycles. The van der Waals surface area contributed by atoms with Crippen molar-refractivity contribution in [1.82, 2.24) is 0 Å². The van der Waals surface area contributed by atoms with E-state index in [1.807, 2.05) is 0 Å². The Hall–Kier alpha value is -4.71. The van der Waals surface area contributed by atoms with E-state index in [-0.39, 0.29) is 37.5 Å². The lowest BCUT2D eigenvalue weighted by Gasteiger charge is -2.18. The molecule has 0 saturated heterocycles. The standard InChI is InChI=1S/C69H110O6/c1-4-7-10-13-16-19-22-25-28-30-31-32-33-34-35-36-37-39-41-44-47-50-53-56-59-62-68(71)74-65-66(64-73-67(70)61-58-55-52-49-46-43-40-27-24-21-18-15-12-9-6-3)75-69(72)63-60-57-54-51-48-45-42-38-29-26-23-20-17-14-11-8-5-2/h7-8,10-11,16-21,25-29,31-32,34-35,40,42,45,51,54,66H,4-6,9,12-15,22-24,30,33,36-39,41,43-44,46-50,52-53,55-65H2,1-3H3/b10-7-,11-8-,19-16-,20-17-,21-18-,28-25-,29-26-,32-31-,35-34-,40-27-,45-42-,54-51-. The molecule has 1 unspecified atom stereocenters. The van der Waals surface area contributed by atoms with Crippen LogP contribution in [0.3, 0.4) is 0 Å². The normalized spacial score (nSPS) is 13.2. The van der Waals surface area contributed by atoms with Crippen LogP contribution in [0.2, 0.25) is 0 Å². The number of carbonyl (C=O) groups is 3. The molecule has 0 aliphatic carbocycles. The van der Waals surface area contributed by atoms with Crippen molar-refractivity contribution in [3.8, 4) is 0 Å². The van der Waals surface area contributed by atoms with Gasteiger partial charge in [0.25, 0.3) is 0 Å². The summed E-state index contributed by atoms with van der Waals surface area (Å²) in [6.45, 7) is 6.32. The van der Waals surface area contributed by atoms with Gasteiger partial charge >= 0.3 is 17.9 Å². The SMILES string of the molecule is CC/C=C\C/C=C\C/C=C\C/C=C\C/C=C\CCCCCCCCCCCC(=O)OCC(COC(=O)CCCCCCC/C=C\C/C=C\CCCCC)OC(=O)CCC/C=C\C/C=C\C/C=C\C/C=C\C/C=C\CC. The lowest BCUT2D eigenvalue weighted by Crippen LogP contribution is -2.30. The molecule has 0 spiro atoms. The molecule has 0 rings (SSSR count). The first-order chi connectivity index (χ1) is 37.0. The summed E-state index contributed by atoms with van der Waals surface area (Å²) >= 11 is 0. The fraction of sp³-hybridized carbons (Fsp3) is 0.609. The van der Waals surface area contributed by atoms with E-state index in [9.17, 15) is 14.4 Å². The predicted octanol–water partition coefficient (Wildman–Crippen LogP) is 20.8. The van der Waals surface area contributed by atoms with E-state index in [4.69, 9.17) is 14.2 Å². The van der Waals surface area contributed by atoms with Crippen LogP contribution in [0.15, 0.2) is 146 Å². The quantitative estimate of drug-likeness (QED) is 0.0261. The zero-order chi connectivity index (χ0) is 54.3. The summed E-state index contributed by atoms with van der Waals surface area (Å²) in [5, 5.41) is 0. The van der Waals surface area contributed by atoms with Crippen LogP contribution in [0.4, 0.5) is 0 Å². The van der Waals surface area contributed by atoms with Gasteiger partial charge in [0.15, 0.2) is 6.10 Å². The summed E-state index contributed by atoms with van der Waals surface area (Å²) in [5.74, 6) is -0.996. The average Bonchev–Trinajstić information content (AvgIpc) is 3.41. The number of allylic oxidation sites excluding steroid dienone is 24. The summed E-state index contributed by atoms with van der Waals surface area (Å²) in [5.41, 5.74) is 0. The predicted molar refractivity (Wildman–Crippen MR) is 325 cm³/mol. The topological polar surface area (TPSA) is 78.9 Å². The van der Waals surface area contributed by atoms with Gasteiger partial charge in [0.1, 0.15) is 13.2 Å². The molecule has 0 aliphatic rings. The van der Waals surface area contributed by atoms with Crippen LogP contribution in [0.5, 0.6) is 0 Å². The summed E-state index contributed by atoms with van der Waals surface area (Å²) in [6, 6.07) is 0. The highest BCUT2D eigenvalue weighted by molar-refractivity contribution is 5.71. The second kappa shape index (κ2) is 61.8. The molecule has 6 nitrogen and oxygen atoms in total. The third-order valence-electron chi connectivity index (χ3n) is 12.3. The smallest absolute Gasteiger partial charge is 0.306 e. The number of unbranched alkanes of at least 4 members (excludes halogenated alkanes) is 18. The second-order valence-electron chi connectivity index (χ2n) is 19.5. The molecule has 0 aromatic rings. The summed E-state index contributed by atoms with van der Waals surface area (Å²) in [4.78, 5) is 38.2. The lowest BCUT2D eigenvalue weighted by atomic mass is 10.1. The van der Waals surface area contributed by atoms with Crippen LogP contribution < -0.4 is 0 Å². The Labute approximate surface area is 461 Å². The summed E-state index contributed by atoms with van der Waals surface area (Å²) in [6.07, 6.45) is 88.5. The Kier molecular flexibility index (Phi) is 58.0. The van der Waals surface area contributed by atoms with E-state index in [1.165, 1.54) is 64.2 Å². The van der Waals surface area contributed by atoms with Gasteiger partial charge in [-0.2, -0.15) is 0 Å². The van der Waals surface area contributed by atoms with Crippen molar-refractivity contribution >= 4 is 17.9 Å². The van der Waals surface area contributed by atoms with Crippen molar-refractivity contribution in [1.29, 1.82) is 0 Å². The van der Waals surface area contributed by atoms with Crippen LogP contribution in [0.25, 0.3) is 0 Å². The summed E-state index contributed by atoms with van der Waals surface area (Å²) in [7, 11) is 0. The highest BCUT2D eigenvalue weighted by atomic mass is 16.6. The third kappa shape index (κ3) is 60.0. The molecule has 0 aliphatic heterocycles. The first kappa shape index (κ1) is 70.3. The molecule has 0 amide bonds. The van der Waals surface area contributed by atoms with Crippen LogP contribution >= 0.6 is 0 Å². The van der Waals surface area contributed by atoms with Crippen LogP contribution in [0, 0.1) is 0 Å². The van der Waals surface area contributed by atoms with E-state index < -0.39 is 6.10 Å². The van der Waals surface area contributed by atoms with Gasteiger partial charge < -0.3 is 14.2 Å². The summed E-state index contributed by atoms with van der Waals surface area (Å²) < 4.78 is 16.8. The molecule has 422 valence electrons. The minimum atomic E-state index is -0.823. The fourth-order valence-corrected chi connectivity index (χ4v) is 7.83. The molecule has 0 N–H and O–H groups in total. The monoisotopic (exact) mass is 1030 g/mol. The van der Waals surface area contributed by atoms with Crippen molar-refractivity contribution in [3.05, 3.63) is 146 Å². The zero-order valence-corrected chi connectivity index (χ0v) is 48.3. The van der Waals surface area contributed by atoms with Gasteiger partial charge in [-0.25, -0.2) is 0 Å². The Bertz CT molecular complexity index is 1660. The largest absolute Gasteiger partial charge is 0.462 e. The number of hydrogen-bond acceptors (Lipinski definition) is 6. The Morgan fingerprint density at radius 1 is 0.280 bits per heavy atom. The van der Waals surface area contributed by atoms with Gasteiger partial charge in [-0.15, -0.1) is 0 Å². The van der Waals surface area contributed by atoms with Crippen molar-refractivity contribution in [2.24, 2.45) is 0 Å². The number of ether oxygens (including phenoxy) is 3. The Morgan fingerprint density at radius 3 is 0.853 bits per heavy atom. The molecule has 0 radical (unpaired) electrons. The van der Waals surface area contributed by atoms with E-state index >= 15 is 0 Å². The molecular weight excluding hydrogens is 925 g/mol. The highest BCUT2D eigenvalue weighted by Gasteiger charge is 2.19. The Balaban J connectivity index is 4.46. The van der Waals surface area contributed by atoms with Gasteiger partial charge in [-0.3, -0.25) is 14.4 Å². The highest BCUT2D eigenvalue weighted by Crippen LogP contribution is 2.14. The third-order valence-corrected chi connectivity index (χ3v) is 12.3. The van der Waals surface area contributed by atoms with Crippen molar-refractivity contribution in [2.45, 2.75) is 258 Å². The van der Waals surface area contributed by atoms with Crippen molar-refractivity contribution < 1.29 is 28.6 Å². The van der Waals surface area contributed by atoms with E-state index in [0.717, 1.165) is 141 Å². The molecule has 0 fully saturated rings. The molecule has 0 saturated carbocycles. The second-order valence-corrected chi connectivity index (χ2v) is 19.5. The van der Waals surface area contributed by atoms with Crippen LogP contribution in [0.1, 0.15) is 252 Å². The molecule has 0 aromatic heterocycles. The molecule has 0 heterocycles. The van der Waals surface area contributed by atoms with E-state index in [2.05, 4.69) is 167 Å². The van der Waals surface area contributed by atoms with Crippen molar-refractivity contribution in [2.75, 3.05) is 13.2 Å². The lowest BCUT2D eigenvalue weighted by molar-refractivity contribution is -0.167. The average molecular weight is 1040 g/mol. The van der Waals surface area contributed by atoms with Gasteiger partial charge in [-0.05, 0) is 135 Å². The van der Waals surface area contributed by atoms with Gasteiger partial charge in [-0.1, -0.05) is 244 Å². The molecular formula is C69H110O6. The first-order valence-corrected chi connectivity index (χ1v) is 30.3. The molecule has 6 heteroatoms. The Morgan fingerprint density at radius 2 is 0.533 bits per heavy atom. The van der Waals surface area contributed by atoms with E-state index in [0.29, 0.717) is 19.3 Å². The zero-order valence-electron chi connectivity index (χ0n) is 48.3. The van der Waals surface area contributed by atoms with Crippen molar-refractivity contribution in [3.63, 3.8) is 0 Å². The maximum atomic E-state index is 12.9. The first-order valence-electron chi connectivity index (χ1n) is 30.3. The maximum Gasteiger partial charge on any atom is 0.306 e. The molecule has 75 heavy (non-hydrogen) atoms. The number of esters is 3. The fourth-order valence-electron chi connectivity index (χ4n) is 7.83. The van der Waals surface area contributed by atoms with Gasteiger partial charge in [0.05, 0.1) is 0 Å². The van der Waals surface area contributed by atoms with Gasteiger partial charge in [0.2, 0.25) is 0 Å². The van der Waals surface area contributed by atoms with Gasteiger partial charge in [0, 0.05) is 19.3 Å². The molecule has 0 bridgehead atoms. The minimum Gasteiger partial charge on any atom is -0.462 e. The van der Waals surface area contributed by atoms with E-state index in [1.54, 1.807) is 0 Å². The van der Waals surface area contributed by atoms with Crippen LogP contribution in [-0.2, 0) is 28.6 Å². The minimum absolute atomic E-state index is 0.114. The number of hydrogen-bond donors (Lipinski definition) is 0. The van der Waals surface area contributed by atoms with Crippen LogP contribution in [-0.4, -0.2) is 37.2 Å². The number of rotatable bonds is 53.